The van der Waals surface area contributed by atoms with E-state index >= 15 is 0 Å². The average molecular weight is 414 g/mol. The molecule has 5 N–H and O–H groups in total. The van der Waals surface area contributed by atoms with E-state index in [1.165, 1.54) is 21.1 Å². The third kappa shape index (κ3) is 8.57. The molecule has 0 aromatic rings. The molecule has 0 saturated carbocycles. The van der Waals surface area contributed by atoms with Gasteiger partial charge < -0.3 is 20.4 Å². The molecule has 0 aromatic heterocycles. The summed E-state index contributed by atoms with van der Waals surface area (Å²) < 4.78 is 0. The fourth-order valence-electron chi connectivity index (χ4n) is 2.44. The van der Waals surface area contributed by atoms with Gasteiger partial charge in [-0.25, -0.2) is 5.84 Å². The molecule has 0 atom stereocenters. The monoisotopic (exact) mass is 413 g/mol. The second-order valence-corrected chi connectivity index (χ2v) is 7.26. The van der Waals surface area contributed by atoms with Crippen LogP contribution < -0.4 is 17.0 Å². The normalized spacial score (nSPS) is 14.4. The maximum Gasteiger partial charge on any atom is 0.275 e. The van der Waals surface area contributed by atoms with E-state index in [0.717, 1.165) is 6.21 Å². The van der Waals surface area contributed by atoms with Crippen molar-refractivity contribution in [1.82, 2.24) is 20.1 Å². The van der Waals surface area contributed by atoms with E-state index in [2.05, 4.69) is 18.8 Å². The smallest absolute Gasteiger partial charge is 0.275 e. The Morgan fingerprint density at radius 3 is 1.93 bits per heavy atom. The summed E-state index contributed by atoms with van der Waals surface area (Å²) in [4.78, 5) is 56.1. The molecule has 1 fully saturated rings. The van der Waals surface area contributed by atoms with E-state index in [4.69, 9.17) is 11.6 Å². The fourth-order valence-corrected chi connectivity index (χ4v) is 2.44. The molecular formula is C18H35N7O4. The van der Waals surface area contributed by atoms with Gasteiger partial charge in [0.05, 0.1) is 44.7 Å². The molecule has 0 unspecified atom stereocenters. The van der Waals surface area contributed by atoms with Gasteiger partial charge in [-0.15, -0.1) is 0 Å². The maximum atomic E-state index is 12.9. The topological polar surface area (TPSA) is 154 Å². The summed E-state index contributed by atoms with van der Waals surface area (Å²) in [5.41, 5.74) is 6.37. The van der Waals surface area contributed by atoms with Crippen LogP contribution in [0.3, 0.4) is 0 Å². The van der Waals surface area contributed by atoms with Crippen LogP contribution in [-0.4, -0.2) is 77.6 Å². The standard InChI is InChI=1S/C15H27N7O4.C3H8/c1-4-12(24)20-8-21(13(25)5-16)10-22(9-20)14(26)15(2,3)7-18-6-11(23)19-17;1-3-2/h6H,4-5,7-10,16-17H2,1-3H3,(H,19,23);3H2,1-2H3. The second-order valence-electron chi connectivity index (χ2n) is 7.26. The van der Waals surface area contributed by atoms with E-state index in [0.29, 0.717) is 0 Å². The number of hydrogen-bond donors (Lipinski definition) is 3. The first-order chi connectivity index (χ1) is 13.6. The summed E-state index contributed by atoms with van der Waals surface area (Å²) in [6.45, 7) is 9.35. The van der Waals surface area contributed by atoms with Crippen molar-refractivity contribution in [2.75, 3.05) is 33.1 Å². The first kappa shape index (κ1) is 26.5. The Kier molecular flexibility index (Phi) is 11.7. The number of carbonyl (C=O) groups excluding carboxylic acids is 4. The highest BCUT2D eigenvalue weighted by Crippen LogP contribution is 2.22. The molecule has 4 amide bonds. The lowest BCUT2D eigenvalue weighted by Gasteiger charge is -2.44. The predicted octanol–water partition coefficient (Wildman–Crippen LogP) is -0.770. The quantitative estimate of drug-likeness (QED) is 0.225. The van der Waals surface area contributed by atoms with E-state index in [1.807, 2.05) is 5.43 Å². The lowest BCUT2D eigenvalue weighted by atomic mass is 9.92. The number of nitrogens with one attached hydrogen (secondary N) is 1. The van der Waals surface area contributed by atoms with Gasteiger partial charge >= 0.3 is 0 Å². The minimum absolute atomic E-state index is 0.0405. The summed E-state index contributed by atoms with van der Waals surface area (Å²) in [6.07, 6.45) is 2.51. The number of hydrazine groups is 1. The predicted molar refractivity (Wildman–Crippen MR) is 110 cm³/mol. The SMILES string of the molecule is CCC.CCC(=O)N1CN(C(=O)CN)CN(C(=O)C(C)(C)CN=CC(=O)NN)C1. The number of nitrogens with zero attached hydrogens (tertiary/aromatic N) is 4. The van der Waals surface area contributed by atoms with Crippen molar-refractivity contribution in [2.24, 2.45) is 22.0 Å². The van der Waals surface area contributed by atoms with Crippen LogP contribution in [-0.2, 0) is 19.2 Å². The summed E-state index contributed by atoms with van der Waals surface area (Å²) in [5, 5.41) is 0. The van der Waals surface area contributed by atoms with Crippen LogP contribution in [0.25, 0.3) is 0 Å². The number of carbonyl (C=O) groups is 4. The Morgan fingerprint density at radius 1 is 1.00 bits per heavy atom. The van der Waals surface area contributed by atoms with Gasteiger partial charge in [0.15, 0.2) is 0 Å². The highest BCUT2D eigenvalue weighted by Gasteiger charge is 2.37. The van der Waals surface area contributed by atoms with Crippen molar-refractivity contribution in [3.63, 3.8) is 0 Å². The zero-order valence-corrected chi connectivity index (χ0v) is 18.1. The molecule has 1 heterocycles. The fraction of sp³-hybridized carbons (Fsp3) is 0.722. The third-order valence-corrected chi connectivity index (χ3v) is 3.91. The van der Waals surface area contributed by atoms with Gasteiger partial charge in [-0.2, -0.15) is 0 Å². The van der Waals surface area contributed by atoms with Gasteiger partial charge in [-0.05, 0) is 13.8 Å². The number of amides is 4. The number of aliphatic imine (C=N–C) groups is 1. The lowest BCUT2D eigenvalue weighted by Crippen LogP contribution is -2.62. The minimum Gasteiger partial charge on any atom is -0.322 e. The van der Waals surface area contributed by atoms with Crippen LogP contribution in [0.5, 0.6) is 0 Å². The highest BCUT2D eigenvalue weighted by atomic mass is 16.2. The van der Waals surface area contributed by atoms with Crippen molar-refractivity contribution in [1.29, 1.82) is 0 Å². The second kappa shape index (κ2) is 12.8. The Labute approximate surface area is 172 Å². The lowest BCUT2D eigenvalue weighted by molar-refractivity contribution is -0.162. The number of rotatable bonds is 6. The molecule has 29 heavy (non-hydrogen) atoms. The van der Waals surface area contributed by atoms with Crippen LogP contribution in [0.4, 0.5) is 0 Å². The van der Waals surface area contributed by atoms with Crippen molar-refractivity contribution in [3.8, 4) is 0 Å². The molecule has 11 heteroatoms. The summed E-state index contributed by atoms with van der Waals surface area (Å²) in [7, 11) is 0. The van der Waals surface area contributed by atoms with Crippen LogP contribution in [0.1, 0.15) is 47.5 Å². The Bertz CT molecular complexity index is 583. The van der Waals surface area contributed by atoms with Gasteiger partial charge in [-0.3, -0.25) is 29.6 Å². The molecule has 1 saturated heterocycles. The van der Waals surface area contributed by atoms with Gasteiger partial charge in [0.2, 0.25) is 17.7 Å². The molecule has 0 aromatic carbocycles. The van der Waals surface area contributed by atoms with Crippen molar-refractivity contribution >= 4 is 29.8 Å². The van der Waals surface area contributed by atoms with E-state index in [9.17, 15) is 19.2 Å². The largest absolute Gasteiger partial charge is 0.322 e. The maximum absolute atomic E-state index is 12.9. The molecule has 0 aliphatic carbocycles. The van der Waals surface area contributed by atoms with Gasteiger partial charge in [0.25, 0.3) is 5.91 Å². The summed E-state index contributed by atoms with van der Waals surface area (Å²) >= 11 is 0. The Balaban J connectivity index is 0.00000245. The average Bonchev–Trinajstić information content (AvgIpc) is 2.71. The first-order valence-electron chi connectivity index (χ1n) is 9.63. The van der Waals surface area contributed by atoms with Gasteiger partial charge in [-0.1, -0.05) is 27.2 Å². The molecule has 1 aliphatic rings. The zero-order valence-electron chi connectivity index (χ0n) is 18.1. The molecule has 1 aliphatic heterocycles. The highest BCUT2D eigenvalue weighted by molar-refractivity contribution is 6.26. The molecule has 0 spiro atoms. The van der Waals surface area contributed by atoms with Crippen molar-refractivity contribution in [3.05, 3.63) is 0 Å². The van der Waals surface area contributed by atoms with E-state index < -0.39 is 11.3 Å². The van der Waals surface area contributed by atoms with Crippen LogP contribution >= 0.6 is 0 Å². The van der Waals surface area contributed by atoms with Crippen LogP contribution in [0.15, 0.2) is 4.99 Å². The first-order valence-corrected chi connectivity index (χ1v) is 9.63. The molecule has 0 radical (unpaired) electrons. The van der Waals surface area contributed by atoms with Crippen LogP contribution in [0.2, 0.25) is 0 Å². The minimum atomic E-state index is -0.943. The van der Waals surface area contributed by atoms with Gasteiger partial charge in [0, 0.05) is 6.42 Å². The van der Waals surface area contributed by atoms with Crippen molar-refractivity contribution < 1.29 is 19.2 Å². The Hall–Kier alpha value is -2.53. The molecule has 0 bridgehead atoms. The summed E-state index contributed by atoms with van der Waals surface area (Å²) in [6, 6.07) is 0. The summed E-state index contributed by atoms with van der Waals surface area (Å²) in [5.74, 6) is 3.56. The Morgan fingerprint density at radius 2 is 1.48 bits per heavy atom. The zero-order chi connectivity index (χ0) is 22.6. The van der Waals surface area contributed by atoms with Crippen molar-refractivity contribution in [2.45, 2.75) is 47.5 Å². The molecule has 1 rings (SSSR count). The number of nitrogens with two attached hydrogens (primary N) is 2. The third-order valence-electron chi connectivity index (χ3n) is 3.91. The van der Waals surface area contributed by atoms with E-state index in [-0.39, 0.29) is 57.2 Å². The van der Waals surface area contributed by atoms with E-state index in [1.54, 1.807) is 20.8 Å². The molecule has 166 valence electrons. The molecular weight excluding hydrogens is 378 g/mol. The number of hydrogen-bond acceptors (Lipinski definition) is 7. The van der Waals surface area contributed by atoms with Gasteiger partial charge in [0.1, 0.15) is 0 Å². The van der Waals surface area contributed by atoms with Crippen LogP contribution in [0, 0.1) is 5.41 Å². The molecule has 11 nitrogen and oxygen atoms in total.